The molecule has 104 valence electrons. The van der Waals surface area contributed by atoms with Gasteiger partial charge in [0, 0.05) is 16.8 Å². The van der Waals surface area contributed by atoms with Crippen molar-refractivity contribution in [3.8, 4) is 0 Å². The Morgan fingerprint density at radius 3 is 2.63 bits per heavy atom. The molecule has 2 aromatic heterocycles. The second kappa shape index (κ2) is 5.21. The van der Waals surface area contributed by atoms with Gasteiger partial charge in [0.1, 0.15) is 5.76 Å². The lowest BCUT2D eigenvalue weighted by Crippen LogP contribution is -2.35. The van der Waals surface area contributed by atoms with Gasteiger partial charge in [0.15, 0.2) is 0 Å². The second-order valence-electron chi connectivity index (χ2n) is 6.06. The number of rotatable bonds is 4. The molecule has 0 radical (unpaired) electrons. The number of aryl methyl sites for hydroxylation is 2. The minimum atomic E-state index is 0.0856. The molecule has 0 aromatic carbocycles. The summed E-state index contributed by atoms with van der Waals surface area (Å²) < 4.78 is 7.59. The van der Waals surface area contributed by atoms with E-state index in [9.17, 15) is 0 Å². The highest BCUT2D eigenvalue weighted by Crippen LogP contribution is 2.15. The van der Waals surface area contributed by atoms with E-state index in [0.717, 1.165) is 24.5 Å². The monoisotopic (exact) mass is 261 g/mol. The average molecular weight is 261 g/mol. The molecule has 0 atom stereocenters. The van der Waals surface area contributed by atoms with E-state index >= 15 is 0 Å². The highest BCUT2D eigenvalue weighted by Gasteiger charge is 2.13. The Kier molecular flexibility index (Phi) is 3.80. The third-order valence-corrected chi connectivity index (χ3v) is 3.04. The molecule has 2 aromatic rings. The second-order valence-corrected chi connectivity index (χ2v) is 6.06. The minimum absolute atomic E-state index is 0.0856. The Bertz CT molecular complexity index is 546. The average Bonchev–Trinajstić information content (AvgIpc) is 2.83. The Morgan fingerprint density at radius 1 is 1.32 bits per heavy atom. The Hall–Kier alpha value is -1.55. The van der Waals surface area contributed by atoms with Crippen molar-refractivity contribution in [1.82, 2.24) is 15.1 Å². The molecule has 4 heteroatoms. The van der Waals surface area contributed by atoms with E-state index in [-0.39, 0.29) is 5.54 Å². The van der Waals surface area contributed by atoms with Crippen LogP contribution in [0.25, 0.3) is 0 Å². The van der Waals surface area contributed by atoms with Crippen LogP contribution in [0.3, 0.4) is 0 Å². The molecule has 0 saturated carbocycles. The van der Waals surface area contributed by atoms with Crippen LogP contribution in [0.15, 0.2) is 22.8 Å². The zero-order valence-corrected chi connectivity index (χ0v) is 12.4. The summed E-state index contributed by atoms with van der Waals surface area (Å²) in [6.07, 6.45) is 1.75. The van der Waals surface area contributed by atoms with Gasteiger partial charge in [-0.3, -0.25) is 4.68 Å². The van der Waals surface area contributed by atoms with E-state index in [1.165, 1.54) is 11.3 Å². The molecule has 0 spiro atoms. The lowest BCUT2D eigenvalue weighted by atomic mass is 10.1. The molecule has 0 fully saturated rings. The standard InChI is InChI=1S/C15H23N3O/c1-11-8-12(2)18(17-11)10-13-6-7-19-14(13)9-16-15(3,4)5/h6-8,16H,9-10H2,1-5H3. The number of nitrogens with zero attached hydrogens (tertiary/aromatic N) is 2. The van der Waals surface area contributed by atoms with Crippen molar-refractivity contribution in [2.75, 3.05) is 0 Å². The van der Waals surface area contributed by atoms with Crippen molar-refractivity contribution in [2.45, 2.75) is 53.2 Å². The van der Waals surface area contributed by atoms with Crippen molar-refractivity contribution in [2.24, 2.45) is 0 Å². The highest BCUT2D eigenvalue weighted by molar-refractivity contribution is 5.19. The first-order valence-corrected chi connectivity index (χ1v) is 6.66. The fourth-order valence-electron chi connectivity index (χ4n) is 2.00. The molecular formula is C15H23N3O. The summed E-state index contributed by atoms with van der Waals surface area (Å²) in [6.45, 7) is 12.0. The first-order valence-electron chi connectivity index (χ1n) is 6.66. The van der Waals surface area contributed by atoms with Gasteiger partial charge in [-0.2, -0.15) is 5.10 Å². The van der Waals surface area contributed by atoms with Gasteiger partial charge in [0.25, 0.3) is 0 Å². The maximum atomic E-state index is 5.58. The predicted molar refractivity (Wildman–Crippen MR) is 76.1 cm³/mol. The van der Waals surface area contributed by atoms with Crippen LogP contribution in [-0.4, -0.2) is 15.3 Å². The van der Waals surface area contributed by atoms with Gasteiger partial charge in [0.2, 0.25) is 0 Å². The molecule has 0 aliphatic heterocycles. The molecule has 0 unspecified atom stereocenters. The third-order valence-electron chi connectivity index (χ3n) is 3.04. The van der Waals surface area contributed by atoms with Gasteiger partial charge in [-0.1, -0.05) is 0 Å². The molecule has 19 heavy (non-hydrogen) atoms. The first-order chi connectivity index (χ1) is 8.85. The van der Waals surface area contributed by atoms with Crippen molar-refractivity contribution in [3.63, 3.8) is 0 Å². The quantitative estimate of drug-likeness (QED) is 0.920. The van der Waals surface area contributed by atoms with E-state index in [2.05, 4.69) is 44.2 Å². The zero-order chi connectivity index (χ0) is 14.0. The molecule has 0 amide bonds. The minimum Gasteiger partial charge on any atom is -0.468 e. The number of hydrogen-bond acceptors (Lipinski definition) is 3. The summed E-state index contributed by atoms with van der Waals surface area (Å²) in [4.78, 5) is 0. The summed E-state index contributed by atoms with van der Waals surface area (Å²) in [5, 5.41) is 7.94. The van der Waals surface area contributed by atoms with Crippen LogP contribution in [0.4, 0.5) is 0 Å². The van der Waals surface area contributed by atoms with Gasteiger partial charge in [-0.05, 0) is 46.8 Å². The van der Waals surface area contributed by atoms with Crippen molar-refractivity contribution >= 4 is 0 Å². The molecule has 0 aliphatic rings. The van der Waals surface area contributed by atoms with Gasteiger partial charge in [-0.15, -0.1) is 0 Å². The van der Waals surface area contributed by atoms with Gasteiger partial charge >= 0.3 is 0 Å². The fraction of sp³-hybridized carbons (Fsp3) is 0.533. The Morgan fingerprint density at radius 2 is 2.05 bits per heavy atom. The number of aromatic nitrogens is 2. The molecule has 0 aliphatic carbocycles. The maximum absolute atomic E-state index is 5.58. The van der Waals surface area contributed by atoms with E-state index in [1.54, 1.807) is 6.26 Å². The smallest absolute Gasteiger partial charge is 0.122 e. The van der Waals surface area contributed by atoms with E-state index in [1.807, 2.05) is 17.7 Å². The van der Waals surface area contributed by atoms with Crippen molar-refractivity contribution < 1.29 is 4.42 Å². The van der Waals surface area contributed by atoms with Crippen LogP contribution < -0.4 is 5.32 Å². The molecule has 0 saturated heterocycles. The predicted octanol–water partition coefficient (Wildman–Crippen LogP) is 3.03. The van der Waals surface area contributed by atoms with Crippen LogP contribution in [0, 0.1) is 13.8 Å². The highest BCUT2D eigenvalue weighted by atomic mass is 16.3. The third kappa shape index (κ3) is 3.70. The van der Waals surface area contributed by atoms with Gasteiger partial charge in [0.05, 0.1) is 25.0 Å². The van der Waals surface area contributed by atoms with Crippen LogP contribution in [0.5, 0.6) is 0 Å². The molecule has 2 rings (SSSR count). The summed E-state index contributed by atoms with van der Waals surface area (Å²) in [6, 6.07) is 4.11. The fourth-order valence-corrected chi connectivity index (χ4v) is 2.00. The number of furan rings is 1. The molecule has 2 heterocycles. The Balaban J connectivity index is 2.09. The van der Waals surface area contributed by atoms with Crippen molar-refractivity contribution in [1.29, 1.82) is 0 Å². The molecule has 0 bridgehead atoms. The number of hydrogen-bond donors (Lipinski definition) is 1. The van der Waals surface area contributed by atoms with Crippen LogP contribution in [-0.2, 0) is 13.1 Å². The van der Waals surface area contributed by atoms with E-state index in [4.69, 9.17) is 4.42 Å². The molecular weight excluding hydrogens is 238 g/mol. The number of nitrogens with one attached hydrogen (secondary N) is 1. The zero-order valence-electron chi connectivity index (χ0n) is 12.4. The summed E-state index contributed by atoms with van der Waals surface area (Å²) in [5.41, 5.74) is 3.49. The van der Waals surface area contributed by atoms with Crippen LogP contribution >= 0.6 is 0 Å². The SMILES string of the molecule is Cc1cc(C)n(Cc2ccoc2CNC(C)(C)C)n1. The molecule has 1 N–H and O–H groups in total. The maximum Gasteiger partial charge on any atom is 0.122 e. The topological polar surface area (TPSA) is 43.0 Å². The normalized spacial score (nSPS) is 12.1. The summed E-state index contributed by atoms with van der Waals surface area (Å²) in [7, 11) is 0. The molecule has 4 nitrogen and oxygen atoms in total. The Labute approximate surface area is 114 Å². The summed E-state index contributed by atoms with van der Waals surface area (Å²) in [5.74, 6) is 0.988. The summed E-state index contributed by atoms with van der Waals surface area (Å²) >= 11 is 0. The lowest BCUT2D eigenvalue weighted by Gasteiger charge is -2.20. The van der Waals surface area contributed by atoms with E-state index in [0.29, 0.717) is 0 Å². The van der Waals surface area contributed by atoms with E-state index < -0.39 is 0 Å². The van der Waals surface area contributed by atoms with Crippen LogP contribution in [0.1, 0.15) is 43.5 Å². The van der Waals surface area contributed by atoms with Gasteiger partial charge < -0.3 is 9.73 Å². The van der Waals surface area contributed by atoms with Crippen molar-refractivity contribution in [3.05, 3.63) is 41.1 Å². The lowest BCUT2D eigenvalue weighted by molar-refractivity contribution is 0.385. The van der Waals surface area contributed by atoms with Gasteiger partial charge in [-0.25, -0.2) is 0 Å². The van der Waals surface area contributed by atoms with Crippen LogP contribution in [0.2, 0.25) is 0 Å². The first kappa shape index (κ1) is 13.9. The largest absolute Gasteiger partial charge is 0.468 e.